The molecule has 2 aromatic heterocycles. The molecule has 5 nitrogen and oxygen atoms in total. The number of aromatic nitrogens is 2. The highest BCUT2D eigenvalue weighted by atomic mass is 16.5. The normalized spacial score (nSPS) is 11.9. The number of amides is 1. The molecule has 0 saturated carbocycles. The SMILES string of the molecule is CC(NC(=O)c1conc1-c1ccccc1)c1cccnc1. The Morgan fingerprint density at radius 1 is 1.18 bits per heavy atom. The summed E-state index contributed by atoms with van der Waals surface area (Å²) in [7, 11) is 0. The fourth-order valence-corrected chi connectivity index (χ4v) is 2.19. The quantitative estimate of drug-likeness (QED) is 0.802. The summed E-state index contributed by atoms with van der Waals surface area (Å²) in [6, 6.07) is 13.1. The predicted molar refractivity (Wildman–Crippen MR) is 82.1 cm³/mol. The molecule has 2 heterocycles. The lowest BCUT2D eigenvalue weighted by atomic mass is 10.1. The minimum absolute atomic E-state index is 0.153. The van der Waals surface area contributed by atoms with E-state index in [0.29, 0.717) is 11.3 Å². The van der Waals surface area contributed by atoms with Crippen LogP contribution in [-0.4, -0.2) is 16.0 Å². The van der Waals surface area contributed by atoms with Gasteiger partial charge in [-0.1, -0.05) is 41.6 Å². The zero-order chi connectivity index (χ0) is 15.4. The molecule has 1 N–H and O–H groups in total. The summed E-state index contributed by atoms with van der Waals surface area (Å²) in [4.78, 5) is 16.5. The van der Waals surface area contributed by atoms with Gasteiger partial charge in [0.15, 0.2) is 0 Å². The Kier molecular flexibility index (Phi) is 3.96. The van der Waals surface area contributed by atoms with Gasteiger partial charge in [-0.3, -0.25) is 9.78 Å². The second-order valence-corrected chi connectivity index (χ2v) is 4.92. The number of rotatable bonds is 4. The van der Waals surface area contributed by atoms with E-state index >= 15 is 0 Å². The van der Waals surface area contributed by atoms with Crippen LogP contribution in [0.1, 0.15) is 28.9 Å². The minimum atomic E-state index is -0.226. The van der Waals surface area contributed by atoms with Gasteiger partial charge in [0.25, 0.3) is 5.91 Å². The van der Waals surface area contributed by atoms with Crippen LogP contribution in [0.4, 0.5) is 0 Å². The molecular formula is C17H15N3O2. The van der Waals surface area contributed by atoms with Crippen LogP contribution in [0.3, 0.4) is 0 Å². The van der Waals surface area contributed by atoms with Gasteiger partial charge in [0.1, 0.15) is 17.5 Å². The van der Waals surface area contributed by atoms with Gasteiger partial charge in [-0.25, -0.2) is 0 Å². The summed E-state index contributed by atoms with van der Waals surface area (Å²) in [6.45, 7) is 1.91. The van der Waals surface area contributed by atoms with Crippen LogP contribution in [0.2, 0.25) is 0 Å². The summed E-state index contributed by atoms with van der Waals surface area (Å²) >= 11 is 0. The van der Waals surface area contributed by atoms with Crippen LogP contribution in [0, 0.1) is 0 Å². The number of pyridine rings is 1. The fourth-order valence-electron chi connectivity index (χ4n) is 2.19. The Balaban J connectivity index is 1.81. The van der Waals surface area contributed by atoms with E-state index in [2.05, 4.69) is 15.5 Å². The monoisotopic (exact) mass is 293 g/mol. The first-order valence-corrected chi connectivity index (χ1v) is 6.96. The Bertz CT molecular complexity index is 754. The van der Waals surface area contributed by atoms with Gasteiger partial charge in [-0.05, 0) is 18.6 Å². The number of hydrogen-bond acceptors (Lipinski definition) is 4. The van der Waals surface area contributed by atoms with E-state index in [0.717, 1.165) is 11.1 Å². The van der Waals surface area contributed by atoms with Crippen LogP contribution in [-0.2, 0) is 0 Å². The van der Waals surface area contributed by atoms with Crippen molar-refractivity contribution < 1.29 is 9.32 Å². The molecule has 1 aromatic carbocycles. The van der Waals surface area contributed by atoms with Crippen LogP contribution in [0.15, 0.2) is 65.6 Å². The largest absolute Gasteiger partial charge is 0.363 e. The second kappa shape index (κ2) is 6.22. The first-order valence-electron chi connectivity index (χ1n) is 6.96. The van der Waals surface area contributed by atoms with Gasteiger partial charge in [-0.15, -0.1) is 0 Å². The highest BCUT2D eigenvalue weighted by molar-refractivity contribution is 5.99. The van der Waals surface area contributed by atoms with Crippen LogP contribution in [0.5, 0.6) is 0 Å². The first kappa shape index (κ1) is 14.0. The van der Waals surface area contributed by atoms with E-state index in [1.54, 1.807) is 12.4 Å². The van der Waals surface area contributed by atoms with Crippen LogP contribution >= 0.6 is 0 Å². The molecule has 0 fully saturated rings. The van der Waals surface area contributed by atoms with Crippen molar-refractivity contribution in [3.8, 4) is 11.3 Å². The summed E-state index contributed by atoms with van der Waals surface area (Å²) in [5, 5.41) is 6.87. The Hall–Kier alpha value is -2.95. The molecule has 0 bridgehead atoms. The number of benzene rings is 1. The van der Waals surface area contributed by atoms with Crippen LogP contribution in [0.25, 0.3) is 11.3 Å². The lowest BCUT2D eigenvalue weighted by Gasteiger charge is -2.13. The van der Waals surface area contributed by atoms with E-state index in [1.807, 2.05) is 49.4 Å². The average molecular weight is 293 g/mol. The molecule has 22 heavy (non-hydrogen) atoms. The Morgan fingerprint density at radius 3 is 2.73 bits per heavy atom. The maximum atomic E-state index is 12.5. The summed E-state index contributed by atoms with van der Waals surface area (Å²) in [5.74, 6) is -0.226. The van der Waals surface area contributed by atoms with Crippen molar-refractivity contribution in [2.24, 2.45) is 0 Å². The van der Waals surface area contributed by atoms with Crippen molar-refractivity contribution in [1.29, 1.82) is 0 Å². The smallest absolute Gasteiger partial charge is 0.257 e. The van der Waals surface area contributed by atoms with Gasteiger partial charge in [0, 0.05) is 18.0 Å². The van der Waals surface area contributed by atoms with Gasteiger partial charge < -0.3 is 9.84 Å². The number of carbonyl (C=O) groups excluding carboxylic acids is 1. The third-order valence-electron chi connectivity index (χ3n) is 3.39. The summed E-state index contributed by atoms with van der Waals surface area (Å²) < 4.78 is 4.99. The van der Waals surface area contributed by atoms with E-state index in [1.165, 1.54) is 6.26 Å². The van der Waals surface area contributed by atoms with Crippen molar-refractivity contribution in [3.05, 3.63) is 72.2 Å². The van der Waals surface area contributed by atoms with Crippen molar-refractivity contribution in [1.82, 2.24) is 15.5 Å². The van der Waals surface area contributed by atoms with Gasteiger partial charge in [-0.2, -0.15) is 0 Å². The highest BCUT2D eigenvalue weighted by Gasteiger charge is 2.19. The molecule has 0 aliphatic rings. The molecule has 1 amide bonds. The molecule has 3 aromatic rings. The number of hydrogen-bond donors (Lipinski definition) is 1. The maximum absolute atomic E-state index is 12.5. The molecule has 0 aliphatic carbocycles. The van der Waals surface area contributed by atoms with Crippen molar-refractivity contribution in [3.63, 3.8) is 0 Å². The molecule has 5 heteroatoms. The third-order valence-corrected chi connectivity index (χ3v) is 3.39. The highest BCUT2D eigenvalue weighted by Crippen LogP contribution is 2.22. The van der Waals surface area contributed by atoms with Crippen LogP contribution < -0.4 is 5.32 Å². The Morgan fingerprint density at radius 2 is 2.00 bits per heavy atom. The molecule has 110 valence electrons. The molecular weight excluding hydrogens is 278 g/mol. The molecule has 1 atom stereocenters. The van der Waals surface area contributed by atoms with E-state index in [4.69, 9.17) is 4.52 Å². The average Bonchev–Trinajstić information content (AvgIpc) is 3.06. The van der Waals surface area contributed by atoms with Crippen molar-refractivity contribution in [2.75, 3.05) is 0 Å². The first-order chi connectivity index (χ1) is 10.8. The fraction of sp³-hybridized carbons (Fsp3) is 0.118. The molecule has 0 aliphatic heterocycles. The van der Waals surface area contributed by atoms with Gasteiger partial charge in [0.05, 0.1) is 6.04 Å². The van der Waals surface area contributed by atoms with E-state index in [9.17, 15) is 4.79 Å². The zero-order valence-electron chi connectivity index (χ0n) is 12.1. The predicted octanol–water partition coefficient (Wildman–Crippen LogP) is 3.23. The van der Waals surface area contributed by atoms with Gasteiger partial charge >= 0.3 is 0 Å². The zero-order valence-corrected chi connectivity index (χ0v) is 12.1. The van der Waals surface area contributed by atoms with Crippen molar-refractivity contribution in [2.45, 2.75) is 13.0 Å². The molecule has 0 spiro atoms. The number of nitrogens with one attached hydrogen (secondary N) is 1. The maximum Gasteiger partial charge on any atom is 0.257 e. The second-order valence-electron chi connectivity index (χ2n) is 4.92. The summed E-state index contributed by atoms with van der Waals surface area (Å²) in [6.07, 6.45) is 4.80. The van der Waals surface area contributed by atoms with Gasteiger partial charge in [0.2, 0.25) is 0 Å². The number of nitrogens with zero attached hydrogens (tertiary/aromatic N) is 2. The Labute approximate surface area is 128 Å². The molecule has 3 rings (SSSR count). The lowest BCUT2D eigenvalue weighted by molar-refractivity contribution is 0.0940. The topological polar surface area (TPSA) is 68.0 Å². The standard InChI is InChI=1S/C17H15N3O2/c1-12(14-8-5-9-18-10-14)19-17(21)15-11-22-20-16(15)13-6-3-2-4-7-13/h2-12H,1H3,(H,19,21). The van der Waals surface area contributed by atoms with E-state index in [-0.39, 0.29) is 11.9 Å². The molecule has 0 radical (unpaired) electrons. The number of carbonyl (C=O) groups is 1. The molecule has 1 unspecified atom stereocenters. The van der Waals surface area contributed by atoms with Crippen molar-refractivity contribution >= 4 is 5.91 Å². The third kappa shape index (κ3) is 2.88. The molecule has 0 saturated heterocycles. The lowest BCUT2D eigenvalue weighted by Crippen LogP contribution is -2.26. The summed E-state index contributed by atoms with van der Waals surface area (Å²) in [5.41, 5.74) is 2.74. The van der Waals surface area contributed by atoms with E-state index < -0.39 is 0 Å². The minimum Gasteiger partial charge on any atom is -0.363 e.